The van der Waals surface area contributed by atoms with Gasteiger partial charge >= 0.3 is 8.25 Å². The zero-order valence-electron chi connectivity index (χ0n) is 4.12. The van der Waals surface area contributed by atoms with Gasteiger partial charge in [-0.05, 0) is 0 Å². The lowest BCUT2D eigenvalue weighted by Crippen LogP contribution is -2.17. The standard InChI is InChI=1S/C2H3Cl2O4P/c3-2(4,5)1-8-9(6)7/h5H,1H2/p+1. The first kappa shape index (κ1) is 9.56. The third-order valence-electron chi connectivity index (χ3n) is 0.349. The molecule has 0 spiro atoms. The number of alkyl halides is 2. The molecule has 1 atom stereocenters. The zero-order chi connectivity index (χ0) is 7.49. The van der Waals surface area contributed by atoms with Crippen LogP contribution < -0.4 is 0 Å². The van der Waals surface area contributed by atoms with Gasteiger partial charge < -0.3 is 5.11 Å². The van der Waals surface area contributed by atoms with E-state index in [0.29, 0.717) is 0 Å². The zero-order valence-corrected chi connectivity index (χ0v) is 6.53. The van der Waals surface area contributed by atoms with E-state index in [4.69, 9.17) is 33.2 Å². The summed E-state index contributed by atoms with van der Waals surface area (Å²) in [6.07, 6.45) is 0. The molecule has 0 aromatic rings. The molecule has 54 valence electrons. The van der Waals surface area contributed by atoms with Gasteiger partial charge in [0, 0.05) is 4.57 Å². The van der Waals surface area contributed by atoms with Gasteiger partial charge in [0.15, 0.2) is 6.61 Å². The largest absolute Gasteiger partial charge is 0.694 e. The predicted molar refractivity (Wildman–Crippen MR) is 32.4 cm³/mol. The summed E-state index contributed by atoms with van der Waals surface area (Å²) in [5.41, 5.74) is 0. The molecule has 0 aliphatic rings. The van der Waals surface area contributed by atoms with Crippen LogP contribution in [0.3, 0.4) is 0 Å². The summed E-state index contributed by atoms with van der Waals surface area (Å²) in [4.78, 5) is 7.97. The first-order chi connectivity index (χ1) is 3.92. The Morgan fingerprint density at radius 3 is 2.22 bits per heavy atom. The van der Waals surface area contributed by atoms with Crippen LogP contribution >= 0.6 is 31.5 Å². The molecule has 0 amide bonds. The molecular formula is C2H4Cl2O4P+. The Morgan fingerprint density at radius 2 is 2.11 bits per heavy atom. The van der Waals surface area contributed by atoms with Crippen LogP contribution in [0.2, 0.25) is 0 Å². The molecule has 0 aromatic heterocycles. The van der Waals surface area contributed by atoms with Crippen molar-refractivity contribution in [1.29, 1.82) is 0 Å². The van der Waals surface area contributed by atoms with Crippen molar-refractivity contribution in [1.82, 2.24) is 0 Å². The summed E-state index contributed by atoms with van der Waals surface area (Å²) >= 11 is 9.87. The van der Waals surface area contributed by atoms with Crippen molar-refractivity contribution < 1.29 is 19.1 Å². The fraction of sp³-hybridized carbons (Fsp3) is 1.00. The molecule has 0 aliphatic heterocycles. The quantitative estimate of drug-likeness (QED) is 0.514. The Kier molecular flexibility index (Phi) is 3.89. The maximum Gasteiger partial charge on any atom is 0.694 e. The third-order valence-corrected chi connectivity index (χ3v) is 0.917. The van der Waals surface area contributed by atoms with Gasteiger partial charge in [0.05, 0.1) is 0 Å². The molecule has 4 nitrogen and oxygen atoms in total. The summed E-state index contributed by atoms with van der Waals surface area (Å²) in [6, 6.07) is 0. The van der Waals surface area contributed by atoms with E-state index in [9.17, 15) is 4.57 Å². The van der Waals surface area contributed by atoms with Gasteiger partial charge in [-0.1, -0.05) is 23.2 Å². The first-order valence-corrected chi connectivity index (χ1v) is 3.70. The van der Waals surface area contributed by atoms with E-state index in [1.54, 1.807) is 0 Å². The van der Waals surface area contributed by atoms with Crippen molar-refractivity contribution in [2.45, 2.75) is 4.52 Å². The highest BCUT2D eigenvalue weighted by molar-refractivity contribution is 7.32. The Hall–Kier alpha value is 0.560. The van der Waals surface area contributed by atoms with Crippen molar-refractivity contribution in [3.8, 4) is 0 Å². The highest BCUT2D eigenvalue weighted by Crippen LogP contribution is 2.23. The van der Waals surface area contributed by atoms with Gasteiger partial charge in [0.2, 0.25) is 4.52 Å². The average molecular weight is 194 g/mol. The van der Waals surface area contributed by atoms with Crippen LogP contribution in [0.5, 0.6) is 0 Å². The molecule has 0 rings (SSSR count). The third kappa shape index (κ3) is 8.56. The molecule has 9 heavy (non-hydrogen) atoms. The van der Waals surface area contributed by atoms with E-state index < -0.39 is 19.4 Å². The summed E-state index contributed by atoms with van der Waals surface area (Å²) in [7, 11) is -2.74. The highest BCUT2D eigenvalue weighted by Gasteiger charge is 2.26. The van der Waals surface area contributed by atoms with Crippen molar-refractivity contribution in [3.05, 3.63) is 0 Å². The van der Waals surface area contributed by atoms with Crippen LogP contribution in [0, 0.1) is 0 Å². The molecule has 0 saturated heterocycles. The lowest BCUT2D eigenvalue weighted by molar-refractivity contribution is 0.133. The van der Waals surface area contributed by atoms with E-state index in [1.165, 1.54) is 0 Å². The average Bonchev–Trinajstić information content (AvgIpc) is 1.59. The number of hydrogen-bond acceptors (Lipinski definition) is 3. The molecule has 0 heterocycles. The van der Waals surface area contributed by atoms with Gasteiger partial charge in [-0.15, -0.1) is 9.42 Å². The van der Waals surface area contributed by atoms with Gasteiger partial charge in [0.25, 0.3) is 0 Å². The molecular weight excluding hydrogens is 190 g/mol. The van der Waals surface area contributed by atoms with Crippen molar-refractivity contribution in [3.63, 3.8) is 0 Å². The number of halogens is 2. The lowest BCUT2D eigenvalue weighted by Gasteiger charge is -2.04. The van der Waals surface area contributed by atoms with Crippen LogP contribution in [0.25, 0.3) is 0 Å². The van der Waals surface area contributed by atoms with Crippen LogP contribution in [0.1, 0.15) is 0 Å². The Bertz CT molecular complexity index is 110. The van der Waals surface area contributed by atoms with Crippen molar-refractivity contribution in [2.24, 2.45) is 0 Å². The van der Waals surface area contributed by atoms with Crippen LogP contribution in [-0.4, -0.2) is 21.1 Å². The maximum absolute atomic E-state index is 9.74. The molecule has 7 heteroatoms. The smallest absolute Gasteiger partial charge is 0.361 e. The van der Waals surface area contributed by atoms with Crippen LogP contribution in [0.4, 0.5) is 0 Å². The molecule has 0 saturated carbocycles. The van der Waals surface area contributed by atoms with E-state index in [1.807, 2.05) is 0 Å². The molecule has 0 aromatic carbocycles. The number of rotatable bonds is 3. The topological polar surface area (TPSA) is 66.8 Å². The number of aliphatic hydroxyl groups is 1. The molecule has 1 unspecified atom stereocenters. The van der Waals surface area contributed by atoms with Crippen LogP contribution in [0.15, 0.2) is 0 Å². The highest BCUT2D eigenvalue weighted by atomic mass is 35.5. The molecule has 0 fully saturated rings. The SMILES string of the molecule is O=[P+](O)OCC(O)(Cl)Cl. The first-order valence-electron chi connectivity index (χ1n) is 1.81. The maximum atomic E-state index is 9.74. The fourth-order valence-corrected chi connectivity index (χ4v) is 0.691. The second kappa shape index (κ2) is 3.66. The predicted octanol–water partition coefficient (Wildman–Crippen LogP) is 0.776. The fourth-order valence-electron chi connectivity index (χ4n) is 0.133. The molecule has 0 radical (unpaired) electrons. The van der Waals surface area contributed by atoms with E-state index in [-0.39, 0.29) is 0 Å². The molecule has 0 aliphatic carbocycles. The number of hydrogen-bond donors (Lipinski definition) is 2. The Morgan fingerprint density at radius 1 is 1.67 bits per heavy atom. The van der Waals surface area contributed by atoms with Crippen LogP contribution in [-0.2, 0) is 9.09 Å². The summed E-state index contributed by atoms with van der Waals surface area (Å²) in [5.74, 6) is 0. The molecule has 2 N–H and O–H groups in total. The summed E-state index contributed by atoms with van der Waals surface area (Å²) in [6.45, 7) is -0.595. The minimum absolute atomic E-state index is 0.595. The minimum atomic E-state index is -2.74. The van der Waals surface area contributed by atoms with E-state index in [0.717, 1.165) is 0 Å². The minimum Gasteiger partial charge on any atom is -0.361 e. The summed E-state index contributed by atoms with van der Waals surface area (Å²) in [5, 5.41) is 8.43. The van der Waals surface area contributed by atoms with Gasteiger partial charge in [-0.25, -0.2) is 0 Å². The van der Waals surface area contributed by atoms with Gasteiger partial charge in [-0.3, -0.25) is 0 Å². The monoisotopic (exact) mass is 193 g/mol. The molecule has 0 bridgehead atoms. The second-order valence-corrected chi connectivity index (χ2v) is 3.35. The summed E-state index contributed by atoms with van der Waals surface area (Å²) < 4.78 is 11.6. The van der Waals surface area contributed by atoms with Crippen molar-refractivity contribution in [2.75, 3.05) is 6.61 Å². The lowest BCUT2D eigenvalue weighted by atomic mass is 10.8. The Balaban J connectivity index is 3.39. The van der Waals surface area contributed by atoms with E-state index in [2.05, 4.69) is 4.52 Å². The second-order valence-electron chi connectivity index (χ2n) is 1.18. The van der Waals surface area contributed by atoms with Gasteiger partial charge in [0.1, 0.15) is 0 Å². The van der Waals surface area contributed by atoms with Gasteiger partial charge in [-0.2, -0.15) is 0 Å². The van der Waals surface area contributed by atoms with E-state index >= 15 is 0 Å². The van der Waals surface area contributed by atoms with Crippen molar-refractivity contribution >= 4 is 31.5 Å². The normalized spacial score (nSPS) is 13.6. The Labute approximate surface area is 62.3 Å².